The largest absolute Gasteiger partial charge is 0.326 e. The first-order chi connectivity index (χ1) is 10.4. The Morgan fingerprint density at radius 3 is 2.68 bits per heavy atom. The predicted octanol–water partition coefficient (Wildman–Crippen LogP) is 4.78. The van der Waals surface area contributed by atoms with Gasteiger partial charge in [-0.3, -0.25) is 0 Å². The molecule has 3 aromatic rings. The average molecular weight is 431 g/mol. The van der Waals surface area contributed by atoms with Crippen molar-refractivity contribution in [3.8, 4) is 11.3 Å². The summed E-state index contributed by atoms with van der Waals surface area (Å²) in [6, 6.07) is 3.53. The molecule has 0 fully saturated rings. The molecule has 0 N–H and O–H groups in total. The van der Waals surface area contributed by atoms with Crippen LogP contribution in [0.3, 0.4) is 0 Å². The third-order valence-corrected chi connectivity index (χ3v) is 4.40. The van der Waals surface area contributed by atoms with E-state index in [1.165, 1.54) is 6.07 Å². The summed E-state index contributed by atoms with van der Waals surface area (Å²) >= 11 is 7.99. The molecule has 114 valence electrons. The predicted molar refractivity (Wildman–Crippen MR) is 93.6 cm³/mol. The molecule has 0 unspecified atom stereocenters. The van der Waals surface area contributed by atoms with Gasteiger partial charge in [0.1, 0.15) is 11.3 Å². The molecule has 0 saturated carbocycles. The molecule has 0 spiro atoms. The lowest BCUT2D eigenvalue weighted by Crippen LogP contribution is -2.03. The van der Waals surface area contributed by atoms with Crippen molar-refractivity contribution < 1.29 is 4.39 Å². The molecule has 3 rings (SSSR count). The molecular weight excluding hydrogens is 418 g/mol. The first-order valence-electron chi connectivity index (χ1n) is 6.75. The van der Waals surface area contributed by atoms with E-state index in [0.29, 0.717) is 16.8 Å². The summed E-state index contributed by atoms with van der Waals surface area (Å²) in [5.74, 6) is 0.428. The number of benzene rings is 1. The molecule has 0 aliphatic carbocycles. The summed E-state index contributed by atoms with van der Waals surface area (Å²) in [5.41, 5.74) is 2.43. The summed E-state index contributed by atoms with van der Waals surface area (Å²) < 4.78 is 17.3. The minimum atomic E-state index is -0.361. The van der Waals surface area contributed by atoms with Gasteiger partial charge in [0, 0.05) is 17.8 Å². The highest BCUT2D eigenvalue weighted by molar-refractivity contribution is 14.1. The van der Waals surface area contributed by atoms with E-state index < -0.39 is 0 Å². The quantitative estimate of drug-likeness (QED) is 0.434. The summed E-state index contributed by atoms with van der Waals surface area (Å²) in [4.78, 5) is 12.5. The summed E-state index contributed by atoms with van der Waals surface area (Å²) in [6.45, 7) is 5.97. The van der Waals surface area contributed by atoms with Gasteiger partial charge in [0.25, 0.3) is 0 Å². The Morgan fingerprint density at radius 2 is 2.00 bits per heavy atom. The summed E-state index contributed by atoms with van der Waals surface area (Å²) in [5, 5.41) is 0.143. The van der Waals surface area contributed by atoms with E-state index >= 15 is 0 Å². The Kier molecular flexibility index (Phi) is 4.07. The van der Waals surface area contributed by atoms with E-state index in [0.717, 1.165) is 14.9 Å². The summed E-state index contributed by atoms with van der Waals surface area (Å²) in [6.07, 6.45) is 1.62. The second kappa shape index (κ2) is 5.73. The molecule has 7 heteroatoms. The van der Waals surface area contributed by atoms with E-state index in [2.05, 4.69) is 37.5 Å². The zero-order valence-corrected chi connectivity index (χ0v) is 15.1. The van der Waals surface area contributed by atoms with Gasteiger partial charge in [-0.2, -0.15) is 0 Å². The second-order valence-corrected chi connectivity index (χ2v) is 6.78. The highest BCUT2D eigenvalue weighted by Gasteiger charge is 2.17. The van der Waals surface area contributed by atoms with Crippen molar-refractivity contribution in [1.29, 1.82) is 0 Å². The molecule has 0 aliphatic rings. The van der Waals surface area contributed by atoms with Crippen molar-refractivity contribution in [1.82, 2.24) is 19.5 Å². The molecule has 0 radical (unpaired) electrons. The first kappa shape index (κ1) is 15.6. The maximum Gasteiger partial charge on any atom is 0.222 e. The Hall–Kier alpha value is -1.28. The number of hydrogen-bond acceptors (Lipinski definition) is 3. The Bertz CT molecular complexity index is 876. The lowest BCUT2D eigenvalue weighted by Gasteiger charge is -2.12. The third-order valence-electron chi connectivity index (χ3n) is 3.43. The molecule has 0 atom stereocenters. The van der Waals surface area contributed by atoms with E-state index in [1.807, 2.05) is 31.4 Å². The van der Waals surface area contributed by atoms with Gasteiger partial charge in [-0.05, 0) is 67.1 Å². The molecule has 22 heavy (non-hydrogen) atoms. The zero-order chi connectivity index (χ0) is 16.0. The molecule has 0 saturated heterocycles. The molecule has 1 aromatic carbocycles. The Morgan fingerprint density at radius 1 is 1.27 bits per heavy atom. The van der Waals surface area contributed by atoms with Gasteiger partial charge in [-0.15, -0.1) is 0 Å². The normalized spacial score (nSPS) is 11.6. The minimum absolute atomic E-state index is 0.143. The van der Waals surface area contributed by atoms with Crippen LogP contribution in [0.15, 0.2) is 18.3 Å². The van der Waals surface area contributed by atoms with Crippen LogP contribution >= 0.6 is 34.2 Å². The topological polar surface area (TPSA) is 43.6 Å². The van der Waals surface area contributed by atoms with Crippen LogP contribution in [0.25, 0.3) is 22.3 Å². The van der Waals surface area contributed by atoms with E-state index in [1.54, 1.807) is 6.20 Å². The number of fused-ring (bicyclic) bond motifs is 1. The molecule has 4 nitrogen and oxygen atoms in total. The Balaban J connectivity index is 2.32. The van der Waals surface area contributed by atoms with Crippen molar-refractivity contribution in [2.75, 3.05) is 0 Å². The summed E-state index contributed by atoms with van der Waals surface area (Å²) in [7, 11) is 0. The van der Waals surface area contributed by atoms with Crippen LogP contribution in [0.1, 0.15) is 25.7 Å². The monoisotopic (exact) mass is 430 g/mol. The van der Waals surface area contributed by atoms with Crippen LogP contribution in [-0.2, 0) is 0 Å². The highest BCUT2D eigenvalue weighted by atomic mass is 127. The van der Waals surface area contributed by atoms with Gasteiger partial charge < -0.3 is 4.57 Å². The van der Waals surface area contributed by atoms with Crippen molar-refractivity contribution in [3.05, 3.63) is 38.8 Å². The number of imidazole rings is 1. The van der Waals surface area contributed by atoms with Gasteiger partial charge >= 0.3 is 0 Å². The van der Waals surface area contributed by atoms with Gasteiger partial charge in [0.2, 0.25) is 5.28 Å². The van der Waals surface area contributed by atoms with Crippen LogP contribution in [0.4, 0.5) is 4.39 Å². The van der Waals surface area contributed by atoms with Crippen molar-refractivity contribution in [2.45, 2.75) is 26.8 Å². The number of hydrogen-bond donors (Lipinski definition) is 0. The number of rotatable bonds is 2. The van der Waals surface area contributed by atoms with Crippen molar-refractivity contribution >= 4 is 45.2 Å². The smallest absolute Gasteiger partial charge is 0.222 e. The van der Waals surface area contributed by atoms with Crippen molar-refractivity contribution in [3.63, 3.8) is 0 Å². The van der Waals surface area contributed by atoms with Crippen LogP contribution in [-0.4, -0.2) is 19.5 Å². The SMILES string of the molecule is Cc1nc2c(F)cc(-c3nc(Cl)ncc3I)cc2n1C(C)C. The second-order valence-electron chi connectivity index (χ2n) is 5.28. The fourth-order valence-corrected chi connectivity index (χ4v) is 3.31. The van der Waals surface area contributed by atoms with Gasteiger partial charge in [-0.1, -0.05) is 0 Å². The maximum atomic E-state index is 14.5. The first-order valence-corrected chi connectivity index (χ1v) is 8.20. The average Bonchev–Trinajstić information content (AvgIpc) is 2.78. The van der Waals surface area contributed by atoms with E-state index in [-0.39, 0.29) is 17.1 Å². The number of aryl methyl sites for hydroxylation is 1. The zero-order valence-electron chi connectivity index (χ0n) is 12.2. The number of aromatic nitrogens is 4. The van der Waals surface area contributed by atoms with Gasteiger partial charge in [0.15, 0.2) is 5.82 Å². The van der Waals surface area contributed by atoms with Crippen LogP contribution in [0, 0.1) is 16.3 Å². The van der Waals surface area contributed by atoms with Crippen LogP contribution in [0.2, 0.25) is 5.28 Å². The molecular formula is C15H13ClFIN4. The minimum Gasteiger partial charge on any atom is -0.326 e. The fraction of sp³-hybridized carbons (Fsp3) is 0.267. The Labute approximate surface area is 145 Å². The third kappa shape index (κ3) is 2.58. The maximum absolute atomic E-state index is 14.5. The van der Waals surface area contributed by atoms with Gasteiger partial charge in [-0.25, -0.2) is 19.3 Å². The standard InChI is InChI=1S/C15H13ClFIN4/c1-7(2)22-8(3)20-14-10(17)4-9(5-12(14)22)13-11(18)6-19-15(16)21-13/h4-7H,1-3H3. The highest BCUT2D eigenvalue weighted by Crippen LogP contribution is 2.30. The molecule has 0 bridgehead atoms. The molecule has 0 aliphatic heterocycles. The lowest BCUT2D eigenvalue weighted by atomic mass is 10.1. The molecule has 0 amide bonds. The van der Waals surface area contributed by atoms with E-state index in [4.69, 9.17) is 11.6 Å². The number of halogens is 3. The van der Waals surface area contributed by atoms with Crippen LogP contribution < -0.4 is 0 Å². The number of nitrogens with zero attached hydrogens (tertiary/aromatic N) is 4. The molecule has 2 aromatic heterocycles. The van der Waals surface area contributed by atoms with Gasteiger partial charge in [0.05, 0.1) is 14.8 Å². The molecule has 2 heterocycles. The van der Waals surface area contributed by atoms with E-state index in [9.17, 15) is 4.39 Å². The van der Waals surface area contributed by atoms with Crippen LogP contribution in [0.5, 0.6) is 0 Å². The van der Waals surface area contributed by atoms with Crippen molar-refractivity contribution in [2.24, 2.45) is 0 Å². The fourth-order valence-electron chi connectivity index (χ4n) is 2.61. The lowest BCUT2D eigenvalue weighted by molar-refractivity contribution is 0.600.